The molecule has 0 aliphatic heterocycles. The molecule has 1 aliphatic carbocycles. The molecule has 1 amide bonds. The standard InChI is InChI=1S/C22H23N3O2/c1-2-14-25-21(26)19-11-7-6-10-18(19)20(23-25)22(27)24(17-12-13-17)15-16-8-4-3-5-9-16/h3-11,17H,2,12-15H2,1H3. The molecule has 138 valence electrons. The van der Waals surface area contributed by atoms with E-state index in [1.54, 1.807) is 6.07 Å². The molecule has 0 unspecified atom stereocenters. The SMILES string of the molecule is CCCn1nc(C(=O)N(Cc2ccccc2)C2CC2)c2ccccc2c1=O. The molecule has 3 aromatic rings. The van der Waals surface area contributed by atoms with Gasteiger partial charge in [-0.15, -0.1) is 0 Å². The highest BCUT2D eigenvalue weighted by atomic mass is 16.2. The van der Waals surface area contributed by atoms with E-state index in [1.165, 1.54) is 4.68 Å². The summed E-state index contributed by atoms with van der Waals surface area (Å²) in [6, 6.07) is 17.5. The van der Waals surface area contributed by atoms with Crippen LogP contribution in [0.4, 0.5) is 0 Å². The number of rotatable bonds is 6. The van der Waals surface area contributed by atoms with Crippen LogP contribution in [0.25, 0.3) is 10.8 Å². The van der Waals surface area contributed by atoms with E-state index >= 15 is 0 Å². The first-order valence-electron chi connectivity index (χ1n) is 9.53. The highest BCUT2D eigenvalue weighted by molar-refractivity contribution is 6.05. The summed E-state index contributed by atoms with van der Waals surface area (Å²) < 4.78 is 1.43. The number of aromatic nitrogens is 2. The maximum absolute atomic E-state index is 13.5. The van der Waals surface area contributed by atoms with E-state index < -0.39 is 0 Å². The Morgan fingerprint density at radius 3 is 2.41 bits per heavy atom. The van der Waals surface area contributed by atoms with Crippen LogP contribution in [0.5, 0.6) is 0 Å². The second kappa shape index (κ2) is 7.35. The highest BCUT2D eigenvalue weighted by Gasteiger charge is 2.34. The second-order valence-electron chi connectivity index (χ2n) is 7.07. The first-order chi connectivity index (χ1) is 13.2. The Morgan fingerprint density at radius 1 is 1.07 bits per heavy atom. The van der Waals surface area contributed by atoms with Crippen LogP contribution in [-0.4, -0.2) is 26.6 Å². The first kappa shape index (κ1) is 17.5. The number of carbonyl (C=O) groups is 1. The number of hydrogen-bond donors (Lipinski definition) is 0. The molecule has 1 heterocycles. The normalized spacial score (nSPS) is 13.7. The smallest absolute Gasteiger partial charge is 0.275 e. The van der Waals surface area contributed by atoms with Gasteiger partial charge in [0.15, 0.2) is 5.69 Å². The zero-order valence-electron chi connectivity index (χ0n) is 15.5. The van der Waals surface area contributed by atoms with Gasteiger partial charge in [0, 0.05) is 24.5 Å². The van der Waals surface area contributed by atoms with Gasteiger partial charge in [-0.3, -0.25) is 9.59 Å². The Bertz CT molecular complexity index is 1020. The van der Waals surface area contributed by atoms with E-state index in [9.17, 15) is 9.59 Å². The van der Waals surface area contributed by atoms with Crippen molar-refractivity contribution in [1.29, 1.82) is 0 Å². The number of fused-ring (bicyclic) bond motifs is 1. The molecule has 0 spiro atoms. The Hall–Kier alpha value is -2.95. The molecular formula is C22H23N3O2. The van der Waals surface area contributed by atoms with Gasteiger partial charge in [0.25, 0.3) is 11.5 Å². The van der Waals surface area contributed by atoms with Crippen molar-refractivity contribution in [1.82, 2.24) is 14.7 Å². The van der Waals surface area contributed by atoms with Gasteiger partial charge in [-0.05, 0) is 30.9 Å². The fourth-order valence-electron chi connectivity index (χ4n) is 3.43. The second-order valence-corrected chi connectivity index (χ2v) is 7.07. The van der Waals surface area contributed by atoms with E-state index in [0.717, 1.165) is 24.8 Å². The summed E-state index contributed by atoms with van der Waals surface area (Å²) in [5.41, 5.74) is 1.34. The van der Waals surface area contributed by atoms with E-state index in [1.807, 2.05) is 60.4 Å². The van der Waals surface area contributed by atoms with Crippen LogP contribution in [0, 0.1) is 0 Å². The lowest BCUT2D eigenvalue weighted by atomic mass is 10.1. The minimum atomic E-state index is -0.134. The number of benzene rings is 2. The number of aryl methyl sites for hydroxylation is 1. The predicted molar refractivity (Wildman–Crippen MR) is 106 cm³/mol. The van der Waals surface area contributed by atoms with Crippen LogP contribution in [0.3, 0.4) is 0 Å². The third-order valence-corrected chi connectivity index (χ3v) is 4.95. The van der Waals surface area contributed by atoms with Crippen LogP contribution in [0.1, 0.15) is 42.2 Å². The molecule has 2 aromatic carbocycles. The molecule has 4 rings (SSSR count). The van der Waals surface area contributed by atoms with E-state index in [-0.39, 0.29) is 17.5 Å². The van der Waals surface area contributed by atoms with Gasteiger partial charge in [0.1, 0.15) is 0 Å². The molecule has 0 saturated heterocycles. The third-order valence-electron chi connectivity index (χ3n) is 4.95. The zero-order chi connectivity index (χ0) is 18.8. The van der Waals surface area contributed by atoms with Gasteiger partial charge in [-0.25, -0.2) is 4.68 Å². The van der Waals surface area contributed by atoms with Crippen molar-refractivity contribution >= 4 is 16.7 Å². The van der Waals surface area contributed by atoms with Crippen LogP contribution in [0.15, 0.2) is 59.4 Å². The van der Waals surface area contributed by atoms with Gasteiger partial charge in [0.05, 0.1) is 5.39 Å². The summed E-state index contributed by atoms with van der Waals surface area (Å²) >= 11 is 0. The van der Waals surface area contributed by atoms with Crippen molar-refractivity contribution in [3.8, 4) is 0 Å². The molecule has 1 fully saturated rings. The van der Waals surface area contributed by atoms with E-state index in [2.05, 4.69) is 5.10 Å². The molecule has 5 heteroatoms. The van der Waals surface area contributed by atoms with Gasteiger partial charge < -0.3 is 4.90 Å². The largest absolute Gasteiger partial charge is 0.330 e. The van der Waals surface area contributed by atoms with E-state index in [4.69, 9.17) is 0 Å². The molecule has 27 heavy (non-hydrogen) atoms. The third kappa shape index (κ3) is 3.50. The molecule has 1 aromatic heterocycles. The maximum atomic E-state index is 13.5. The Labute approximate surface area is 158 Å². The van der Waals surface area contributed by atoms with Crippen LogP contribution >= 0.6 is 0 Å². The van der Waals surface area contributed by atoms with Crippen LogP contribution in [0.2, 0.25) is 0 Å². The van der Waals surface area contributed by atoms with Gasteiger partial charge >= 0.3 is 0 Å². The lowest BCUT2D eigenvalue weighted by Gasteiger charge is -2.23. The molecular weight excluding hydrogens is 338 g/mol. The summed E-state index contributed by atoms with van der Waals surface area (Å²) in [4.78, 5) is 28.0. The topological polar surface area (TPSA) is 55.2 Å². The summed E-state index contributed by atoms with van der Waals surface area (Å²) in [5, 5.41) is 5.67. The lowest BCUT2D eigenvalue weighted by Crippen LogP contribution is -2.35. The average molecular weight is 361 g/mol. The summed E-state index contributed by atoms with van der Waals surface area (Å²) in [6.07, 6.45) is 2.82. The average Bonchev–Trinajstić information content (AvgIpc) is 3.54. The van der Waals surface area contributed by atoms with Crippen molar-refractivity contribution < 1.29 is 4.79 Å². The van der Waals surface area contributed by atoms with Crippen molar-refractivity contribution in [2.24, 2.45) is 0 Å². The zero-order valence-corrected chi connectivity index (χ0v) is 15.5. The van der Waals surface area contributed by atoms with E-state index in [0.29, 0.717) is 29.6 Å². The predicted octanol–water partition coefficient (Wildman–Crippen LogP) is 3.61. The summed E-state index contributed by atoms with van der Waals surface area (Å²) in [6.45, 7) is 3.07. The number of amides is 1. The van der Waals surface area contributed by atoms with Gasteiger partial charge in [0.2, 0.25) is 0 Å². The monoisotopic (exact) mass is 361 g/mol. The first-order valence-corrected chi connectivity index (χ1v) is 9.53. The number of nitrogens with zero attached hydrogens (tertiary/aromatic N) is 3. The Balaban J connectivity index is 1.78. The highest BCUT2D eigenvalue weighted by Crippen LogP contribution is 2.30. The lowest BCUT2D eigenvalue weighted by molar-refractivity contribution is 0.0723. The Morgan fingerprint density at radius 2 is 1.74 bits per heavy atom. The quantitative estimate of drug-likeness (QED) is 0.674. The molecule has 0 bridgehead atoms. The number of carbonyl (C=O) groups excluding carboxylic acids is 1. The van der Waals surface area contributed by atoms with Crippen LogP contribution < -0.4 is 5.56 Å². The molecule has 5 nitrogen and oxygen atoms in total. The fraction of sp³-hybridized carbons (Fsp3) is 0.318. The fourth-order valence-corrected chi connectivity index (χ4v) is 3.43. The minimum absolute atomic E-state index is 0.0950. The summed E-state index contributed by atoms with van der Waals surface area (Å²) in [5.74, 6) is -0.0950. The van der Waals surface area contributed by atoms with Crippen molar-refractivity contribution in [2.75, 3.05) is 0 Å². The van der Waals surface area contributed by atoms with Gasteiger partial charge in [-0.1, -0.05) is 55.5 Å². The molecule has 0 atom stereocenters. The molecule has 1 aliphatic rings. The minimum Gasteiger partial charge on any atom is -0.330 e. The van der Waals surface area contributed by atoms with Crippen molar-refractivity contribution in [3.05, 3.63) is 76.2 Å². The molecule has 1 saturated carbocycles. The Kier molecular flexibility index (Phi) is 4.75. The summed E-state index contributed by atoms with van der Waals surface area (Å²) in [7, 11) is 0. The number of hydrogen-bond acceptors (Lipinski definition) is 3. The molecule has 0 radical (unpaired) electrons. The van der Waals surface area contributed by atoms with Crippen molar-refractivity contribution in [3.63, 3.8) is 0 Å². The van der Waals surface area contributed by atoms with Crippen molar-refractivity contribution in [2.45, 2.75) is 45.3 Å². The molecule has 0 N–H and O–H groups in total. The van der Waals surface area contributed by atoms with Crippen LogP contribution in [-0.2, 0) is 13.1 Å². The maximum Gasteiger partial charge on any atom is 0.275 e. The van der Waals surface area contributed by atoms with Gasteiger partial charge in [-0.2, -0.15) is 5.10 Å².